The van der Waals surface area contributed by atoms with Crippen LogP contribution in [0.2, 0.25) is 0 Å². The van der Waals surface area contributed by atoms with Crippen LogP contribution in [-0.4, -0.2) is 44.1 Å². The highest BCUT2D eigenvalue weighted by molar-refractivity contribution is 5.91. The van der Waals surface area contributed by atoms with Crippen LogP contribution in [0, 0.1) is 0 Å². The molecule has 0 unspecified atom stereocenters. The molecule has 1 atom stereocenters. The van der Waals surface area contributed by atoms with E-state index in [1.807, 2.05) is 18.2 Å². The lowest BCUT2D eigenvalue weighted by Gasteiger charge is -2.23. The Bertz CT molecular complexity index is 872. The maximum Gasteiger partial charge on any atom is 0.331 e. The maximum atomic E-state index is 12.9. The van der Waals surface area contributed by atoms with Crippen LogP contribution >= 0.6 is 0 Å². The first-order chi connectivity index (χ1) is 14.1. The van der Waals surface area contributed by atoms with Crippen molar-refractivity contribution in [3.8, 4) is 11.5 Å². The Morgan fingerprint density at radius 2 is 1.72 bits per heavy atom. The van der Waals surface area contributed by atoms with E-state index >= 15 is 0 Å². The molecule has 1 amide bonds. The molecule has 3 rings (SSSR count). The number of carbonyl (C=O) groups is 2. The minimum Gasteiger partial charge on any atom is -0.497 e. The molecule has 1 saturated heterocycles. The molecule has 0 radical (unpaired) electrons. The summed E-state index contributed by atoms with van der Waals surface area (Å²) in [5, 5.41) is 0. The lowest BCUT2D eigenvalue weighted by molar-refractivity contribution is -0.156. The summed E-state index contributed by atoms with van der Waals surface area (Å²) in [4.78, 5) is 27.2. The zero-order valence-corrected chi connectivity index (χ0v) is 16.7. The van der Waals surface area contributed by atoms with Gasteiger partial charge in [-0.3, -0.25) is 4.79 Å². The van der Waals surface area contributed by atoms with Gasteiger partial charge >= 0.3 is 5.97 Å². The van der Waals surface area contributed by atoms with Crippen molar-refractivity contribution in [2.45, 2.75) is 18.9 Å². The molecule has 6 heteroatoms. The topological polar surface area (TPSA) is 65.1 Å². The van der Waals surface area contributed by atoms with E-state index in [1.165, 1.54) is 6.08 Å². The van der Waals surface area contributed by atoms with E-state index < -0.39 is 12.1 Å². The van der Waals surface area contributed by atoms with Crippen molar-refractivity contribution < 1.29 is 23.8 Å². The number of hydrogen-bond donors (Lipinski definition) is 0. The number of ether oxygens (including phenoxy) is 3. The molecule has 1 heterocycles. The van der Waals surface area contributed by atoms with Crippen LogP contribution in [0.5, 0.6) is 11.5 Å². The van der Waals surface area contributed by atoms with Crippen LogP contribution in [0.3, 0.4) is 0 Å². The molecule has 0 N–H and O–H groups in total. The highest BCUT2D eigenvalue weighted by Gasteiger charge is 2.30. The number of likely N-dealkylation sites (tertiary alicyclic amines) is 1. The van der Waals surface area contributed by atoms with Gasteiger partial charge in [0, 0.05) is 36.4 Å². The van der Waals surface area contributed by atoms with Gasteiger partial charge in [-0.25, -0.2) is 4.79 Å². The first-order valence-electron chi connectivity index (χ1n) is 9.57. The summed E-state index contributed by atoms with van der Waals surface area (Å²) >= 11 is 0. The summed E-state index contributed by atoms with van der Waals surface area (Å²) in [6.45, 7) is 1.39. The molecule has 2 aromatic carbocycles. The highest BCUT2D eigenvalue weighted by Crippen LogP contribution is 2.26. The molecule has 0 aromatic heterocycles. The van der Waals surface area contributed by atoms with E-state index in [9.17, 15) is 9.59 Å². The zero-order valence-electron chi connectivity index (χ0n) is 16.7. The summed E-state index contributed by atoms with van der Waals surface area (Å²) < 4.78 is 16.1. The molecular weight excluding hydrogens is 370 g/mol. The second-order valence-corrected chi connectivity index (χ2v) is 6.70. The SMILES string of the molecule is COc1ccc(/C=C/C(=O)O[C@H](C(=O)N2CCCC2)c2ccccc2)c(OC)c1. The van der Waals surface area contributed by atoms with Gasteiger partial charge in [-0.15, -0.1) is 0 Å². The summed E-state index contributed by atoms with van der Waals surface area (Å²) in [7, 11) is 3.12. The first kappa shape index (κ1) is 20.5. The van der Waals surface area contributed by atoms with Crippen molar-refractivity contribution in [2.24, 2.45) is 0 Å². The number of rotatable bonds is 7. The van der Waals surface area contributed by atoms with E-state index in [-0.39, 0.29) is 5.91 Å². The van der Waals surface area contributed by atoms with Gasteiger partial charge in [-0.2, -0.15) is 0 Å². The van der Waals surface area contributed by atoms with Crippen LogP contribution in [0.4, 0.5) is 0 Å². The van der Waals surface area contributed by atoms with Crippen molar-refractivity contribution in [1.29, 1.82) is 0 Å². The summed E-state index contributed by atoms with van der Waals surface area (Å²) in [5.74, 6) is 0.449. The molecule has 0 saturated carbocycles. The van der Waals surface area contributed by atoms with Crippen molar-refractivity contribution in [3.05, 3.63) is 65.7 Å². The molecule has 1 fully saturated rings. The molecule has 1 aliphatic heterocycles. The Labute approximate surface area is 170 Å². The van der Waals surface area contributed by atoms with E-state index in [0.29, 0.717) is 35.7 Å². The van der Waals surface area contributed by atoms with Gasteiger partial charge in [-0.1, -0.05) is 30.3 Å². The Balaban J connectivity index is 1.76. The molecule has 1 aliphatic rings. The number of methoxy groups -OCH3 is 2. The van der Waals surface area contributed by atoms with Crippen LogP contribution in [-0.2, 0) is 14.3 Å². The fourth-order valence-electron chi connectivity index (χ4n) is 3.26. The van der Waals surface area contributed by atoms with E-state index in [1.54, 1.807) is 55.5 Å². The third kappa shape index (κ3) is 5.16. The van der Waals surface area contributed by atoms with Crippen LogP contribution in [0.15, 0.2) is 54.6 Å². The average Bonchev–Trinajstić information content (AvgIpc) is 3.31. The second kappa shape index (κ2) is 9.78. The van der Waals surface area contributed by atoms with Gasteiger partial charge in [0.1, 0.15) is 11.5 Å². The second-order valence-electron chi connectivity index (χ2n) is 6.70. The number of amides is 1. The number of benzene rings is 2. The fraction of sp³-hybridized carbons (Fsp3) is 0.304. The predicted octanol–water partition coefficient (Wildman–Crippen LogP) is 3.62. The lowest BCUT2D eigenvalue weighted by Crippen LogP contribution is -2.34. The Morgan fingerprint density at radius 3 is 2.38 bits per heavy atom. The lowest BCUT2D eigenvalue weighted by atomic mass is 10.1. The Morgan fingerprint density at radius 1 is 1.00 bits per heavy atom. The minimum atomic E-state index is -0.954. The van der Waals surface area contributed by atoms with Gasteiger partial charge in [0.15, 0.2) is 0 Å². The largest absolute Gasteiger partial charge is 0.497 e. The first-order valence-corrected chi connectivity index (χ1v) is 9.57. The molecule has 6 nitrogen and oxygen atoms in total. The summed E-state index contributed by atoms with van der Waals surface area (Å²) in [6.07, 6.45) is 3.89. The molecule has 0 spiro atoms. The van der Waals surface area contributed by atoms with Crippen LogP contribution < -0.4 is 9.47 Å². The number of carbonyl (C=O) groups excluding carboxylic acids is 2. The number of nitrogens with zero attached hydrogens (tertiary/aromatic N) is 1. The van der Waals surface area contributed by atoms with Crippen molar-refractivity contribution in [2.75, 3.05) is 27.3 Å². The molecule has 29 heavy (non-hydrogen) atoms. The van der Waals surface area contributed by atoms with Gasteiger partial charge in [0.25, 0.3) is 5.91 Å². The van der Waals surface area contributed by atoms with Crippen molar-refractivity contribution >= 4 is 18.0 Å². The normalized spacial score (nSPS) is 14.6. The molecule has 0 aliphatic carbocycles. The Hall–Kier alpha value is -3.28. The minimum absolute atomic E-state index is 0.183. The van der Waals surface area contributed by atoms with Crippen molar-refractivity contribution in [1.82, 2.24) is 4.90 Å². The zero-order chi connectivity index (χ0) is 20.6. The van der Waals surface area contributed by atoms with Crippen molar-refractivity contribution in [3.63, 3.8) is 0 Å². The van der Waals surface area contributed by atoms with Gasteiger partial charge in [0.05, 0.1) is 14.2 Å². The average molecular weight is 395 g/mol. The third-order valence-electron chi connectivity index (χ3n) is 4.82. The standard InChI is InChI=1S/C23H25NO5/c1-27-19-12-10-17(20(16-19)28-2)11-13-21(25)29-22(18-8-4-3-5-9-18)23(26)24-14-6-7-15-24/h3-5,8-13,16,22H,6-7,14-15H2,1-2H3/b13-11+/t22-/m0/s1. The van der Waals surface area contributed by atoms with Crippen LogP contribution in [0.1, 0.15) is 30.1 Å². The predicted molar refractivity (Wildman–Crippen MR) is 110 cm³/mol. The Kier molecular flexibility index (Phi) is 6.89. The van der Waals surface area contributed by atoms with Gasteiger partial charge in [-0.05, 0) is 31.1 Å². The maximum absolute atomic E-state index is 12.9. The van der Waals surface area contributed by atoms with Gasteiger partial charge in [0.2, 0.25) is 6.10 Å². The molecule has 2 aromatic rings. The fourth-order valence-corrected chi connectivity index (χ4v) is 3.26. The molecular formula is C23H25NO5. The van der Waals surface area contributed by atoms with E-state index in [0.717, 1.165) is 12.8 Å². The molecule has 152 valence electrons. The molecule has 0 bridgehead atoms. The van der Waals surface area contributed by atoms with E-state index in [2.05, 4.69) is 0 Å². The third-order valence-corrected chi connectivity index (χ3v) is 4.82. The highest BCUT2D eigenvalue weighted by atomic mass is 16.5. The monoisotopic (exact) mass is 395 g/mol. The quantitative estimate of drug-likeness (QED) is 0.529. The van der Waals surface area contributed by atoms with Crippen LogP contribution in [0.25, 0.3) is 6.08 Å². The van der Waals surface area contributed by atoms with E-state index in [4.69, 9.17) is 14.2 Å². The number of hydrogen-bond acceptors (Lipinski definition) is 5. The van der Waals surface area contributed by atoms with Gasteiger partial charge < -0.3 is 19.1 Å². The summed E-state index contributed by atoms with van der Waals surface area (Å²) in [6, 6.07) is 14.4. The summed E-state index contributed by atoms with van der Waals surface area (Å²) in [5.41, 5.74) is 1.36. The smallest absolute Gasteiger partial charge is 0.331 e. The number of esters is 1.